The Kier molecular flexibility index (Phi) is 4.93. The number of carbonyl (C=O) groups is 1. The minimum atomic E-state index is -0.729. The van der Waals surface area contributed by atoms with Gasteiger partial charge in [-0.1, -0.05) is 20.4 Å². The van der Waals surface area contributed by atoms with Crippen LogP contribution in [0.3, 0.4) is 0 Å². The smallest absolute Gasteiger partial charge is 0.204 e. The lowest BCUT2D eigenvalue weighted by atomic mass is 9.80. The van der Waals surface area contributed by atoms with E-state index >= 15 is 0 Å². The molecule has 1 aliphatic heterocycles. The Bertz CT molecular complexity index is 1360. The first-order valence-corrected chi connectivity index (χ1v) is 10.0. The second-order valence-corrected chi connectivity index (χ2v) is 8.58. The molecule has 3 aromatic rings. The molecule has 1 aromatic heterocycles. The molecule has 0 amide bonds. The van der Waals surface area contributed by atoms with Gasteiger partial charge in [0.15, 0.2) is 17.3 Å². The Labute approximate surface area is 183 Å². The first-order chi connectivity index (χ1) is 15.0. The van der Waals surface area contributed by atoms with Crippen molar-refractivity contribution in [1.29, 1.82) is 0 Å². The van der Waals surface area contributed by atoms with Crippen LogP contribution in [0.5, 0.6) is 23.0 Å². The number of rotatable bonds is 5. The van der Waals surface area contributed by atoms with Crippen LogP contribution in [0, 0.1) is 0 Å². The maximum atomic E-state index is 13.6. The lowest BCUT2D eigenvalue weighted by Crippen LogP contribution is -2.35. The number of methoxy groups -OCH3 is 1. The van der Waals surface area contributed by atoms with E-state index in [1.54, 1.807) is 6.92 Å². The molecule has 32 heavy (non-hydrogen) atoms. The van der Waals surface area contributed by atoms with E-state index in [0.29, 0.717) is 11.3 Å². The van der Waals surface area contributed by atoms with Crippen molar-refractivity contribution in [1.82, 2.24) is 0 Å². The Balaban J connectivity index is 2.16. The number of benzene rings is 2. The first-order valence-electron chi connectivity index (χ1n) is 10.0. The molecule has 0 fully saturated rings. The fourth-order valence-corrected chi connectivity index (χ4v) is 4.32. The Morgan fingerprint density at radius 2 is 1.91 bits per heavy atom. The summed E-state index contributed by atoms with van der Waals surface area (Å²) in [4.78, 5) is 26.1. The van der Waals surface area contributed by atoms with E-state index in [-0.39, 0.29) is 69.1 Å². The molecule has 4 rings (SSSR count). The summed E-state index contributed by atoms with van der Waals surface area (Å²) in [6.07, 6.45) is -0.844. The zero-order chi connectivity index (χ0) is 23.5. The molecule has 0 spiro atoms. The van der Waals surface area contributed by atoms with Crippen molar-refractivity contribution in [3.8, 4) is 23.0 Å². The van der Waals surface area contributed by atoms with Crippen LogP contribution in [0.25, 0.3) is 21.9 Å². The molecule has 0 saturated carbocycles. The van der Waals surface area contributed by atoms with Crippen LogP contribution in [-0.4, -0.2) is 40.9 Å². The quantitative estimate of drug-likeness (QED) is 0.408. The molecule has 2 heterocycles. The van der Waals surface area contributed by atoms with Crippen molar-refractivity contribution < 1.29 is 34.0 Å². The lowest BCUT2D eigenvalue weighted by Gasteiger charge is -2.24. The minimum absolute atomic E-state index is 0.0208. The van der Waals surface area contributed by atoms with Crippen molar-refractivity contribution in [2.75, 3.05) is 13.7 Å². The molecule has 8 nitrogen and oxygen atoms in total. The second kappa shape index (κ2) is 7.27. The Hall–Kier alpha value is -3.52. The standard InChI is InChI=1S/C24H24O8/c1-10(2)12(26)6-11-18-15(8-14(28)22(11)30-5)32-23-19(21(18)29)13(27)7-16-20(23)24(3,4)17(9-25)31-16/h7-8,17,25,27-28H,1,6,9H2,2-5H3. The summed E-state index contributed by atoms with van der Waals surface area (Å²) in [6, 6.07) is 2.57. The van der Waals surface area contributed by atoms with E-state index in [1.807, 2.05) is 13.8 Å². The highest BCUT2D eigenvalue weighted by molar-refractivity contribution is 6.03. The number of fused-ring (bicyclic) bond motifs is 4. The molecule has 0 radical (unpaired) electrons. The van der Waals surface area contributed by atoms with Gasteiger partial charge in [-0.15, -0.1) is 0 Å². The van der Waals surface area contributed by atoms with Crippen LogP contribution < -0.4 is 14.9 Å². The van der Waals surface area contributed by atoms with Gasteiger partial charge in [0.25, 0.3) is 0 Å². The van der Waals surface area contributed by atoms with Crippen molar-refractivity contribution in [2.24, 2.45) is 0 Å². The summed E-state index contributed by atoms with van der Waals surface area (Å²) >= 11 is 0. The largest absolute Gasteiger partial charge is 0.507 e. The summed E-state index contributed by atoms with van der Waals surface area (Å²) < 4.78 is 17.1. The molecular weight excluding hydrogens is 416 g/mol. The molecule has 0 aliphatic carbocycles. The van der Waals surface area contributed by atoms with Gasteiger partial charge in [-0.2, -0.15) is 0 Å². The highest BCUT2D eigenvalue weighted by Crippen LogP contribution is 2.49. The maximum absolute atomic E-state index is 13.6. The summed E-state index contributed by atoms with van der Waals surface area (Å²) in [5.74, 6) is -0.714. The number of hydrogen-bond donors (Lipinski definition) is 3. The van der Waals surface area contributed by atoms with E-state index in [4.69, 9.17) is 13.9 Å². The van der Waals surface area contributed by atoms with Gasteiger partial charge in [-0.3, -0.25) is 9.59 Å². The number of aromatic hydroxyl groups is 2. The van der Waals surface area contributed by atoms with Gasteiger partial charge < -0.3 is 29.2 Å². The highest BCUT2D eigenvalue weighted by Gasteiger charge is 2.44. The van der Waals surface area contributed by atoms with E-state index in [0.717, 1.165) is 0 Å². The Morgan fingerprint density at radius 3 is 2.50 bits per heavy atom. The van der Waals surface area contributed by atoms with Crippen molar-refractivity contribution in [3.63, 3.8) is 0 Å². The Morgan fingerprint density at radius 1 is 1.22 bits per heavy atom. The predicted molar refractivity (Wildman–Crippen MR) is 118 cm³/mol. The van der Waals surface area contributed by atoms with Crippen LogP contribution in [0.4, 0.5) is 0 Å². The van der Waals surface area contributed by atoms with Crippen molar-refractivity contribution in [3.05, 3.63) is 45.6 Å². The molecule has 1 unspecified atom stereocenters. The number of allylic oxidation sites excluding steroid dienone is 1. The molecule has 0 saturated heterocycles. The molecular formula is C24H24O8. The van der Waals surface area contributed by atoms with Gasteiger partial charge in [0, 0.05) is 35.1 Å². The molecule has 0 bridgehead atoms. The highest BCUT2D eigenvalue weighted by atomic mass is 16.5. The molecule has 3 N–H and O–H groups in total. The fraction of sp³-hybridized carbons (Fsp3) is 0.333. The molecule has 1 atom stereocenters. The third kappa shape index (κ3) is 2.94. The van der Waals surface area contributed by atoms with Crippen LogP contribution in [0.15, 0.2) is 33.5 Å². The number of Topliss-reactive ketones (excluding diaryl/α,β-unsaturated/α-hetero) is 1. The number of phenols is 2. The summed E-state index contributed by atoms with van der Waals surface area (Å²) in [5, 5.41) is 30.9. The van der Waals surface area contributed by atoms with Crippen LogP contribution in [0.2, 0.25) is 0 Å². The predicted octanol–water partition coefficient (Wildman–Crippen LogP) is 3.08. The van der Waals surface area contributed by atoms with Gasteiger partial charge >= 0.3 is 0 Å². The van der Waals surface area contributed by atoms with E-state index in [2.05, 4.69) is 6.58 Å². The monoisotopic (exact) mass is 440 g/mol. The topological polar surface area (TPSA) is 126 Å². The number of carbonyl (C=O) groups excluding carboxylic acids is 1. The van der Waals surface area contributed by atoms with Gasteiger partial charge in [0.05, 0.1) is 19.1 Å². The first kappa shape index (κ1) is 21.7. The normalized spacial score (nSPS) is 16.7. The van der Waals surface area contributed by atoms with Crippen molar-refractivity contribution in [2.45, 2.75) is 38.7 Å². The van der Waals surface area contributed by atoms with Gasteiger partial charge in [0.2, 0.25) is 5.43 Å². The number of ketones is 1. The summed E-state index contributed by atoms with van der Waals surface area (Å²) in [6.45, 7) is 8.59. The van der Waals surface area contributed by atoms with Gasteiger partial charge in [0.1, 0.15) is 34.2 Å². The van der Waals surface area contributed by atoms with Gasteiger partial charge in [-0.25, -0.2) is 0 Å². The van der Waals surface area contributed by atoms with Gasteiger partial charge in [-0.05, 0) is 12.5 Å². The van der Waals surface area contributed by atoms with E-state index in [1.165, 1.54) is 19.2 Å². The van der Waals surface area contributed by atoms with Crippen molar-refractivity contribution >= 4 is 27.7 Å². The lowest BCUT2D eigenvalue weighted by molar-refractivity contribution is -0.114. The third-order valence-electron chi connectivity index (χ3n) is 6.12. The van der Waals surface area contributed by atoms with Crippen LogP contribution in [0.1, 0.15) is 31.9 Å². The zero-order valence-electron chi connectivity index (χ0n) is 18.2. The average molecular weight is 440 g/mol. The number of hydrogen-bond acceptors (Lipinski definition) is 8. The second-order valence-electron chi connectivity index (χ2n) is 8.58. The molecule has 8 heteroatoms. The average Bonchev–Trinajstić information content (AvgIpc) is 2.96. The maximum Gasteiger partial charge on any atom is 0.204 e. The minimum Gasteiger partial charge on any atom is -0.507 e. The summed E-state index contributed by atoms with van der Waals surface area (Å²) in [7, 11) is 1.32. The molecule has 1 aliphatic rings. The SMILES string of the molecule is C=C(C)C(=O)Cc1c(OC)c(O)cc2oc3c4c(cc(O)c3c(=O)c12)OC(CO)C4(C)C. The molecule has 168 valence electrons. The van der Waals surface area contributed by atoms with E-state index < -0.39 is 16.9 Å². The molecule has 2 aromatic carbocycles. The third-order valence-corrected chi connectivity index (χ3v) is 6.12. The number of aliphatic hydroxyl groups is 1. The number of ether oxygens (including phenoxy) is 2. The van der Waals surface area contributed by atoms with Crippen LogP contribution in [-0.2, 0) is 16.6 Å². The van der Waals surface area contributed by atoms with Crippen LogP contribution >= 0.6 is 0 Å². The number of aliphatic hydroxyl groups excluding tert-OH is 1. The fourth-order valence-electron chi connectivity index (χ4n) is 4.32. The summed E-state index contributed by atoms with van der Waals surface area (Å²) in [5.41, 5.74) is -0.224. The van der Waals surface area contributed by atoms with E-state index in [9.17, 15) is 24.9 Å². The number of phenolic OH excluding ortho intramolecular Hbond substituents is 2. The zero-order valence-corrected chi connectivity index (χ0v) is 18.2.